The number of amides is 1. The zero-order chi connectivity index (χ0) is 18.4. The number of para-hydroxylation sites is 1. The van der Waals surface area contributed by atoms with Crippen LogP contribution in [0.4, 0.5) is 10.1 Å². The van der Waals surface area contributed by atoms with Crippen molar-refractivity contribution in [3.8, 4) is 0 Å². The average molecular weight is 393 g/mol. The molecule has 1 fully saturated rings. The number of thioether (sulfide) groups is 1. The van der Waals surface area contributed by atoms with E-state index in [-0.39, 0.29) is 11.7 Å². The summed E-state index contributed by atoms with van der Waals surface area (Å²) in [6.07, 6.45) is 0.523. The molecule has 2 aromatic rings. The van der Waals surface area contributed by atoms with E-state index in [4.69, 9.17) is 11.6 Å². The molecular formula is C20H22ClFN2OS. The Balaban J connectivity index is 1.40. The molecule has 1 heterocycles. The summed E-state index contributed by atoms with van der Waals surface area (Å²) in [7, 11) is 0. The van der Waals surface area contributed by atoms with Crippen molar-refractivity contribution in [3.05, 3.63) is 64.9 Å². The van der Waals surface area contributed by atoms with Crippen molar-refractivity contribution in [2.75, 3.05) is 36.8 Å². The number of anilines is 1. The molecule has 0 N–H and O–H groups in total. The second-order valence-electron chi connectivity index (χ2n) is 6.21. The Morgan fingerprint density at radius 3 is 2.46 bits per heavy atom. The fourth-order valence-corrected chi connectivity index (χ4v) is 4.24. The van der Waals surface area contributed by atoms with Gasteiger partial charge < -0.3 is 9.80 Å². The normalized spacial score (nSPS) is 14.5. The van der Waals surface area contributed by atoms with Gasteiger partial charge in [-0.05, 0) is 23.8 Å². The molecule has 1 amide bonds. The molecule has 0 radical (unpaired) electrons. The van der Waals surface area contributed by atoms with Gasteiger partial charge in [0.05, 0.1) is 5.69 Å². The molecule has 0 aliphatic carbocycles. The summed E-state index contributed by atoms with van der Waals surface area (Å²) in [5, 5.41) is 0.774. The van der Waals surface area contributed by atoms with Gasteiger partial charge >= 0.3 is 0 Å². The summed E-state index contributed by atoms with van der Waals surface area (Å²) in [5.74, 6) is 1.55. The minimum atomic E-state index is -0.205. The average Bonchev–Trinajstić information content (AvgIpc) is 2.67. The lowest BCUT2D eigenvalue weighted by molar-refractivity contribution is -0.131. The van der Waals surface area contributed by atoms with E-state index in [1.54, 1.807) is 23.9 Å². The van der Waals surface area contributed by atoms with Crippen molar-refractivity contribution in [2.45, 2.75) is 12.2 Å². The fourth-order valence-electron chi connectivity index (χ4n) is 3.02. The Labute approximate surface area is 163 Å². The number of nitrogens with zero attached hydrogens (tertiary/aromatic N) is 2. The third kappa shape index (κ3) is 4.92. The zero-order valence-electron chi connectivity index (χ0n) is 14.5. The van der Waals surface area contributed by atoms with Gasteiger partial charge in [-0.25, -0.2) is 4.39 Å². The number of rotatable bonds is 6. The van der Waals surface area contributed by atoms with E-state index < -0.39 is 0 Å². The molecule has 0 atom stereocenters. The smallest absolute Gasteiger partial charge is 0.223 e. The lowest BCUT2D eigenvalue weighted by Crippen LogP contribution is -2.49. The minimum absolute atomic E-state index is 0.171. The predicted molar refractivity (Wildman–Crippen MR) is 107 cm³/mol. The van der Waals surface area contributed by atoms with Crippen molar-refractivity contribution in [1.82, 2.24) is 4.90 Å². The van der Waals surface area contributed by atoms with E-state index in [2.05, 4.69) is 0 Å². The summed E-state index contributed by atoms with van der Waals surface area (Å²) in [4.78, 5) is 16.3. The summed E-state index contributed by atoms with van der Waals surface area (Å²) in [6, 6.07) is 14.6. The van der Waals surface area contributed by atoms with Gasteiger partial charge in [-0.15, -0.1) is 0 Å². The second kappa shape index (κ2) is 9.28. The number of hydrogen-bond donors (Lipinski definition) is 0. The van der Waals surface area contributed by atoms with Crippen LogP contribution in [0.25, 0.3) is 0 Å². The quantitative estimate of drug-likeness (QED) is 0.678. The van der Waals surface area contributed by atoms with Gasteiger partial charge in [0.2, 0.25) is 5.91 Å². The summed E-state index contributed by atoms with van der Waals surface area (Å²) < 4.78 is 13.9. The van der Waals surface area contributed by atoms with Crippen LogP contribution in [0.3, 0.4) is 0 Å². The van der Waals surface area contributed by atoms with Crippen LogP contribution in [0.2, 0.25) is 5.02 Å². The monoisotopic (exact) mass is 392 g/mol. The standard InChI is InChI=1S/C20H22ClFN2OS/c21-17-6-2-1-5-16(17)15-26-14-9-20(25)24-12-10-23(11-13-24)19-8-4-3-7-18(19)22/h1-8H,9-15H2. The van der Waals surface area contributed by atoms with Gasteiger partial charge in [0.15, 0.2) is 0 Å². The number of halogens is 2. The molecule has 3 rings (SSSR count). The molecule has 1 aliphatic rings. The molecule has 1 aliphatic heterocycles. The molecule has 0 aromatic heterocycles. The number of carbonyl (C=O) groups excluding carboxylic acids is 1. The Hall–Kier alpha value is -1.72. The SMILES string of the molecule is O=C(CCSCc1ccccc1Cl)N1CCN(c2ccccc2F)CC1. The van der Waals surface area contributed by atoms with Crippen LogP contribution in [0.1, 0.15) is 12.0 Å². The Morgan fingerprint density at radius 2 is 1.73 bits per heavy atom. The van der Waals surface area contributed by atoms with Crippen LogP contribution in [0.15, 0.2) is 48.5 Å². The lowest BCUT2D eigenvalue weighted by Gasteiger charge is -2.36. The van der Waals surface area contributed by atoms with E-state index in [0.29, 0.717) is 38.3 Å². The van der Waals surface area contributed by atoms with Crippen LogP contribution in [0.5, 0.6) is 0 Å². The predicted octanol–water partition coefficient (Wildman–Crippen LogP) is 4.45. The zero-order valence-corrected chi connectivity index (χ0v) is 16.1. The maximum Gasteiger partial charge on any atom is 0.223 e. The molecular weight excluding hydrogens is 371 g/mol. The van der Waals surface area contributed by atoms with Gasteiger partial charge in [-0.2, -0.15) is 11.8 Å². The van der Waals surface area contributed by atoms with Crippen LogP contribution in [-0.4, -0.2) is 42.7 Å². The van der Waals surface area contributed by atoms with Gasteiger partial charge in [0.1, 0.15) is 5.82 Å². The number of piperazine rings is 1. The highest BCUT2D eigenvalue weighted by Gasteiger charge is 2.22. The van der Waals surface area contributed by atoms with Gasteiger partial charge in [0.25, 0.3) is 0 Å². The number of benzene rings is 2. The second-order valence-corrected chi connectivity index (χ2v) is 7.73. The van der Waals surface area contributed by atoms with E-state index >= 15 is 0 Å². The van der Waals surface area contributed by atoms with E-state index in [9.17, 15) is 9.18 Å². The number of hydrogen-bond acceptors (Lipinski definition) is 3. The van der Waals surface area contributed by atoms with E-state index in [1.807, 2.05) is 40.1 Å². The molecule has 3 nitrogen and oxygen atoms in total. The Morgan fingerprint density at radius 1 is 1.04 bits per heavy atom. The summed E-state index contributed by atoms with van der Waals surface area (Å²) in [6.45, 7) is 2.61. The molecule has 2 aromatic carbocycles. The van der Waals surface area contributed by atoms with Crippen LogP contribution in [0, 0.1) is 5.82 Å². The van der Waals surface area contributed by atoms with E-state index in [1.165, 1.54) is 6.07 Å². The first-order valence-corrected chi connectivity index (χ1v) is 10.3. The lowest BCUT2D eigenvalue weighted by atomic mass is 10.2. The first-order valence-electron chi connectivity index (χ1n) is 8.73. The maximum absolute atomic E-state index is 13.9. The van der Waals surface area contributed by atoms with Crippen LogP contribution < -0.4 is 4.90 Å². The summed E-state index contributed by atoms with van der Waals surface area (Å²) >= 11 is 7.86. The van der Waals surface area contributed by atoms with Crippen molar-refractivity contribution in [3.63, 3.8) is 0 Å². The molecule has 1 saturated heterocycles. The highest BCUT2D eigenvalue weighted by molar-refractivity contribution is 7.98. The minimum Gasteiger partial charge on any atom is -0.366 e. The number of carbonyl (C=O) groups is 1. The Bertz CT molecular complexity index is 750. The molecule has 0 saturated carbocycles. The first kappa shape index (κ1) is 19.1. The molecule has 0 bridgehead atoms. The molecule has 138 valence electrons. The highest BCUT2D eigenvalue weighted by atomic mass is 35.5. The van der Waals surface area contributed by atoms with Gasteiger partial charge in [0, 0.05) is 49.1 Å². The first-order chi connectivity index (χ1) is 12.6. The molecule has 0 spiro atoms. The maximum atomic E-state index is 13.9. The van der Waals surface area contributed by atoms with Crippen molar-refractivity contribution < 1.29 is 9.18 Å². The fraction of sp³-hybridized carbons (Fsp3) is 0.350. The third-order valence-corrected chi connectivity index (χ3v) is 5.88. The largest absolute Gasteiger partial charge is 0.366 e. The van der Waals surface area contributed by atoms with Gasteiger partial charge in [-0.1, -0.05) is 41.9 Å². The van der Waals surface area contributed by atoms with Crippen LogP contribution >= 0.6 is 23.4 Å². The van der Waals surface area contributed by atoms with Gasteiger partial charge in [-0.3, -0.25) is 4.79 Å². The molecule has 26 heavy (non-hydrogen) atoms. The molecule has 0 unspecified atom stereocenters. The van der Waals surface area contributed by atoms with E-state index in [0.717, 1.165) is 22.1 Å². The highest BCUT2D eigenvalue weighted by Crippen LogP contribution is 2.22. The Kier molecular flexibility index (Phi) is 6.80. The van der Waals surface area contributed by atoms with Crippen molar-refractivity contribution in [1.29, 1.82) is 0 Å². The van der Waals surface area contributed by atoms with Crippen molar-refractivity contribution >= 4 is 35.0 Å². The topological polar surface area (TPSA) is 23.6 Å². The summed E-state index contributed by atoms with van der Waals surface area (Å²) in [5.41, 5.74) is 1.72. The molecule has 6 heteroatoms. The third-order valence-electron chi connectivity index (χ3n) is 4.50. The van der Waals surface area contributed by atoms with Crippen molar-refractivity contribution in [2.24, 2.45) is 0 Å². The van der Waals surface area contributed by atoms with Crippen LogP contribution in [-0.2, 0) is 10.5 Å².